The molecule has 0 atom stereocenters. The summed E-state index contributed by atoms with van der Waals surface area (Å²) in [4.78, 5) is 14.3. The average molecular weight is 384 g/mol. The van der Waals surface area contributed by atoms with Gasteiger partial charge < -0.3 is 9.30 Å². The minimum atomic E-state index is -0.124. The molecule has 0 aromatic carbocycles. The quantitative estimate of drug-likeness (QED) is 0.701. The zero-order valence-electron chi connectivity index (χ0n) is 14.3. The highest BCUT2D eigenvalue weighted by molar-refractivity contribution is 7.99. The van der Waals surface area contributed by atoms with Crippen molar-refractivity contribution in [3.63, 3.8) is 0 Å². The van der Waals surface area contributed by atoms with Crippen molar-refractivity contribution in [3.05, 3.63) is 10.8 Å². The first kappa shape index (κ1) is 18.2. The molecule has 2 aromatic rings. The Bertz CT molecular complexity index is 712. The van der Waals surface area contributed by atoms with E-state index >= 15 is 0 Å². The van der Waals surface area contributed by atoms with E-state index in [0.717, 1.165) is 55.3 Å². The molecule has 9 nitrogen and oxygen atoms in total. The lowest BCUT2D eigenvalue weighted by molar-refractivity contribution is -0.113. The van der Waals surface area contributed by atoms with Crippen molar-refractivity contribution in [3.8, 4) is 0 Å². The van der Waals surface area contributed by atoms with Crippen molar-refractivity contribution in [1.29, 1.82) is 0 Å². The first-order chi connectivity index (χ1) is 12.2. The molecule has 25 heavy (non-hydrogen) atoms. The molecule has 1 aliphatic rings. The number of nitrogens with zero attached hydrogens (tertiary/aromatic N) is 6. The number of hydrogen-bond acceptors (Lipinski definition) is 9. The summed E-state index contributed by atoms with van der Waals surface area (Å²) in [6, 6.07) is 0. The molecule has 11 heteroatoms. The van der Waals surface area contributed by atoms with Crippen molar-refractivity contribution >= 4 is 34.1 Å². The van der Waals surface area contributed by atoms with Crippen LogP contribution in [-0.4, -0.2) is 67.8 Å². The maximum Gasteiger partial charge on any atom is 0.236 e. The Morgan fingerprint density at radius 2 is 2.08 bits per heavy atom. The molecule has 0 saturated carbocycles. The van der Waals surface area contributed by atoms with Gasteiger partial charge in [0.25, 0.3) is 0 Å². The second-order valence-electron chi connectivity index (χ2n) is 5.54. The molecule has 1 aliphatic heterocycles. The number of hydrogen-bond donors (Lipinski definition) is 1. The monoisotopic (exact) mass is 383 g/mol. The number of amides is 1. The third-order valence-electron chi connectivity index (χ3n) is 3.74. The highest BCUT2D eigenvalue weighted by atomic mass is 32.2. The van der Waals surface area contributed by atoms with E-state index in [1.54, 1.807) is 0 Å². The number of nitrogens with one attached hydrogen (secondary N) is 1. The van der Waals surface area contributed by atoms with Gasteiger partial charge in [-0.05, 0) is 6.42 Å². The predicted octanol–water partition coefficient (Wildman–Crippen LogP) is 0.792. The number of carbonyl (C=O) groups excluding carboxylic acids is 1. The van der Waals surface area contributed by atoms with E-state index < -0.39 is 0 Å². The lowest BCUT2D eigenvalue weighted by atomic mass is 10.4. The molecule has 3 rings (SSSR count). The van der Waals surface area contributed by atoms with E-state index in [1.165, 1.54) is 23.1 Å². The van der Waals surface area contributed by atoms with E-state index in [4.69, 9.17) is 4.74 Å². The number of anilines is 1. The lowest BCUT2D eigenvalue weighted by Gasteiger charge is -2.25. The number of morpholine rings is 1. The highest BCUT2D eigenvalue weighted by Gasteiger charge is 2.17. The molecule has 2 aromatic heterocycles. The molecule has 1 saturated heterocycles. The van der Waals surface area contributed by atoms with Gasteiger partial charge in [-0.1, -0.05) is 30.0 Å². The van der Waals surface area contributed by atoms with Crippen molar-refractivity contribution in [2.45, 2.75) is 25.0 Å². The summed E-state index contributed by atoms with van der Waals surface area (Å²) >= 11 is 2.76. The van der Waals surface area contributed by atoms with Gasteiger partial charge in [-0.25, -0.2) is 0 Å². The molecule has 136 valence electrons. The average Bonchev–Trinajstić information content (AvgIpc) is 3.21. The Morgan fingerprint density at radius 3 is 2.80 bits per heavy atom. The van der Waals surface area contributed by atoms with Crippen LogP contribution in [0.5, 0.6) is 0 Å². The van der Waals surface area contributed by atoms with Crippen LogP contribution in [0.1, 0.15) is 17.8 Å². The molecule has 0 aliphatic carbocycles. The Labute approximate surface area is 154 Å². The molecule has 0 bridgehead atoms. The SMILES string of the molecule is CCc1nnc(NC(=O)CSc2nnc(CN3CCOCC3)n2C)s1. The Hall–Kier alpha value is -1.56. The number of rotatable bonds is 7. The number of thioether (sulfide) groups is 1. The Kier molecular flexibility index (Phi) is 6.34. The molecule has 1 N–H and O–H groups in total. The summed E-state index contributed by atoms with van der Waals surface area (Å²) < 4.78 is 7.29. The van der Waals surface area contributed by atoms with Crippen molar-refractivity contribution in [2.24, 2.45) is 7.05 Å². The van der Waals surface area contributed by atoms with E-state index in [0.29, 0.717) is 5.13 Å². The maximum atomic E-state index is 12.0. The van der Waals surface area contributed by atoms with Gasteiger partial charge >= 0.3 is 0 Å². The van der Waals surface area contributed by atoms with Crippen LogP contribution in [-0.2, 0) is 29.5 Å². The van der Waals surface area contributed by atoms with Gasteiger partial charge in [0.1, 0.15) is 10.8 Å². The zero-order chi connectivity index (χ0) is 17.6. The Balaban J connectivity index is 1.50. The summed E-state index contributed by atoms with van der Waals surface area (Å²) in [5.74, 6) is 1.02. The van der Waals surface area contributed by atoms with Crippen LogP contribution in [0.4, 0.5) is 5.13 Å². The van der Waals surface area contributed by atoms with Crippen molar-refractivity contribution in [2.75, 3.05) is 37.4 Å². The predicted molar refractivity (Wildman–Crippen MR) is 95.7 cm³/mol. The largest absolute Gasteiger partial charge is 0.379 e. The summed E-state index contributed by atoms with van der Waals surface area (Å²) in [7, 11) is 1.92. The van der Waals surface area contributed by atoms with Crippen molar-refractivity contribution < 1.29 is 9.53 Å². The van der Waals surface area contributed by atoms with Crippen LogP contribution in [0, 0.1) is 0 Å². The molecular weight excluding hydrogens is 362 g/mol. The number of aryl methyl sites for hydroxylation is 1. The molecule has 1 fully saturated rings. The summed E-state index contributed by atoms with van der Waals surface area (Å²) in [5.41, 5.74) is 0. The van der Waals surface area contributed by atoms with Crippen LogP contribution in [0.25, 0.3) is 0 Å². The van der Waals surface area contributed by atoms with Gasteiger partial charge in [0.05, 0.1) is 25.5 Å². The summed E-state index contributed by atoms with van der Waals surface area (Å²) in [6.07, 6.45) is 0.813. The fourth-order valence-corrected chi connectivity index (χ4v) is 3.73. The second kappa shape index (κ2) is 8.70. The smallest absolute Gasteiger partial charge is 0.236 e. The number of aromatic nitrogens is 5. The lowest BCUT2D eigenvalue weighted by Crippen LogP contribution is -2.36. The van der Waals surface area contributed by atoms with Crippen LogP contribution >= 0.6 is 23.1 Å². The maximum absolute atomic E-state index is 12.0. The highest BCUT2D eigenvalue weighted by Crippen LogP contribution is 2.19. The first-order valence-corrected chi connectivity index (χ1v) is 9.89. The van der Waals surface area contributed by atoms with E-state index in [9.17, 15) is 4.79 Å². The first-order valence-electron chi connectivity index (χ1n) is 8.09. The van der Waals surface area contributed by atoms with E-state index in [1.807, 2.05) is 18.5 Å². The van der Waals surface area contributed by atoms with Gasteiger partial charge in [0.2, 0.25) is 11.0 Å². The van der Waals surface area contributed by atoms with E-state index in [-0.39, 0.29) is 11.7 Å². The third kappa shape index (κ3) is 4.97. The second-order valence-corrected chi connectivity index (χ2v) is 7.54. The fourth-order valence-electron chi connectivity index (χ4n) is 2.30. The van der Waals surface area contributed by atoms with Crippen molar-refractivity contribution in [1.82, 2.24) is 29.9 Å². The summed E-state index contributed by atoms with van der Waals surface area (Å²) in [5, 5.41) is 21.3. The molecule has 0 spiro atoms. The van der Waals surface area contributed by atoms with E-state index in [2.05, 4.69) is 30.6 Å². The molecule has 1 amide bonds. The van der Waals surface area contributed by atoms with Gasteiger partial charge in [0.15, 0.2) is 5.16 Å². The van der Waals surface area contributed by atoms with Crippen LogP contribution in [0.2, 0.25) is 0 Å². The summed E-state index contributed by atoms with van der Waals surface area (Å²) in [6.45, 7) is 6.06. The van der Waals surface area contributed by atoms with Gasteiger partial charge in [-0.15, -0.1) is 20.4 Å². The minimum Gasteiger partial charge on any atom is -0.379 e. The van der Waals surface area contributed by atoms with Crippen LogP contribution < -0.4 is 5.32 Å². The van der Waals surface area contributed by atoms with Crippen LogP contribution in [0.15, 0.2) is 5.16 Å². The third-order valence-corrected chi connectivity index (χ3v) is 5.75. The minimum absolute atomic E-state index is 0.124. The van der Waals surface area contributed by atoms with Gasteiger partial charge in [-0.2, -0.15) is 0 Å². The molecule has 0 unspecified atom stereocenters. The normalized spacial score (nSPS) is 15.4. The topological polar surface area (TPSA) is 98.1 Å². The van der Waals surface area contributed by atoms with Gasteiger partial charge in [-0.3, -0.25) is 15.0 Å². The fraction of sp³-hybridized carbons (Fsp3) is 0.643. The van der Waals surface area contributed by atoms with Gasteiger partial charge in [0, 0.05) is 20.1 Å². The number of carbonyl (C=O) groups is 1. The standard InChI is InChI=1S/C14H21N7O2S2/c1-3-12-17-18-13(25-12)15-11(22)9-24-14-19-16-10(20(14)2)8-21-4-6-23-7-5-21/h3-9H2,1-2H3,(H,15,18,22). The molecule has 0 radical (unpaired) electrons. The van der Waals surface area contributed by atoms with Crippen LogP contribution in [0.3, 0.4) is 0 Å². The zero-order valence-corrected chi connectivity index (χ0v) is 15.9. The number of ether oxygens (including phenoxy) is 1. The Morgan fingerprint density at radius 1 is 1.28 bits per heavy atom. The molecular formula is C14H21N7O2S2. The molecule has 3 heterocycles.